The van der Waals surface area contributed by atoms with Crippen molar-refractivity contribution in [2.45, 2.75) is 25.7 Å². The molecule has 0 fully saturated rings. The minimum Gasteiger partial charge on any atom is -0.493 e. The van der Waals surface area contributed by atoms with E-state index in [-0.39, 0.29) is 12.1 Å². The maximum absolute atomic E-state index is 11.0. The van der Waals surface area contributed by atoms with Crippen LogP contribution >= 0.6 is 0 Å². The molecule has 0 radical (unpaired) electrons. The summed E-state index contributed by atoms with van der Waals surface area (Å²) in [6.45, 7) is 0.432. The number of nitrogens with zero attached hydrogens (tertiary/aromatic N) is 2. The van der Waals surface area contributed by atoms with Crippen molar-refractivity contribution in [1.29, 1.82) is 0 Å². The van der Waals surface area contributed by atoms with Crippen molar-refractivity contribution in [3.8, 4) is 5.75 Å². The number of hydrogen-bond donors (Lipinski definition) is 1. The first-order valence-electron chi connectivity index (χ1n) is 6.96. The summed E-state index contributed by atoms with van der Waals surface area (Å²) < 4.78 is 5.65. The Hall–Kier alpha value is -2.70. The van der Waals surface area contributed by atoms with Gasteiger partial charge in [-0.15, -0.1) is 0 Å². The van der Waals surface area contributed by atoms with Crippen LogP contribution in [0.25, 0.3) is 10.9 Å². The first-order chi connectivity index (χ1) is 10.6. The fourth-order valence-corrected chi connectivity index (χ4v) is 2.15. The van der Waals surface area contributed by atoms with Crippen LogP contribution in [0.2, 0.25) is 0 Å². The number of aromatic nitrogens is 1. The van der Waals surface area contributed by atoms with Crippen molar-refractivity contribution in [2.75, 3.05) is 6.61 Å². The van der Waals surface area contributed by atoms with Gasteiger partial charge in [-0.3, -0.25) is 14.9 Å². The molecule has 1 aromatic carbocycles. The summed E-state index contributed by atoms with van der Waals surface area (Å²) >= 11 is 0. The predicted octanol–water partition coefficient (Wildman–Crippen LogP) is 3.17. The maximum atomic E-state index is 11.0. The third kappa shape index (κ3) is 3.91. The predicted molar refractivity (Wildman–Crippen MR) is 80.0 cm³/mol. The van der Waals surface area contributed by atoms with Crippen molar-refractivity contribution >= 4 is 22.6 Å². The lowest BCUT2D eigenvalue weighted by Crippen LogP contribution is -2.00. The van der Waals surface area contributed by atoms with Gasteiger partial charge in [0, 0.05) is 24.1 Å². The van der Waals surface area contributed by atoms with Crippen LogP contribution in [-0.2, 0) is 4.79 Å². The first kappa shape index (κ1) is 15.7. The molecule has 1 aromatic heterocycles. The van der Waals surface area contributed by atoms with Gasteiger partial charge in [0.25, 0.3) is 5.69 Å². The highest BCUT2D eigenvalue weighted by molar-refractivity contribution is 5.91. The number of non-ortho nitro benzene ring substituents is 1. The number of para-hydroxylation sites is 1. The van der Waals surface area contributed by atoms with Gasteiger partial charge in [-0.1, -0.05) is 6.07 Å². The van der Waals surface area contributed by atoms with E-state index < -0.39 is 10.9 Å². The molecule has 0 spiro atoms. The number of carbonyl (C=O) groups is 1. The second-order valence-corrected chi connectivity index (χ2v) is 4.79. The van der Waals surface area contributed by atoms with Crippen LogP contribution in [0.3, 0.4) is 0 Å². The van der Waals surface area contributed by atoms with Crippen LogP contribution < -0.4 is 4.74 Å². The summed E-state index contributed by atoms with van der Waals surface area (Å²) in [5.41, 5.74) is 0.250. The van der Waals surface area contributed by atoms with Gasteiger partial charge < -0.3 is 9.84 Å². The topological polar surface area (TPSA) is 103 Å². The molecule has 1 heterocycles. The number of benzene rings is 1. The second kappa shape index (κ2) is 7.35. The van der Waals surface area contributed by atoms with Gasteiger partial charge >= 0.3 is 5.97 Å². The SMILES string of the molecule is O=C(O)CCCCCOc1ccnc2c([N+](=O)[O-])cccc12. The Balaban J connectivity index is 2.01. The average molecular weight is 304 g/mol. The number of nitro groups is 1. The Kier molecular flexibility index (Phi) is 5.24. The number of aliphatic carboxylic acids is 1. The van der Waals surface area contributed by atoms with Crippen molar-refractivity contribution in [2.24, 2.45) is 0 Å². The number of carboxylic acid groups (broad SMARTS) is 1. The molecular formula is C15H16N2O5. The van der Waals surface area contributed by atoms with Crippen LogP contribution in [0, 0.1) is 10.1 Å². The first-order valence-corrected chi connectivity index (χ1v) is 6.96. The third-order valence-electron chi connectivity index (χ3n) is 3.20. The normalized spacial score (nSPS) is 10.5. The molecule has 2 aromatic rings. The number of fused-ring (bicyclic) bond motifs is 1. The van der Waals surface area contributed by atoms with E-state index >= 15 is 0 Å². The van der Waals surface area contributed by atoms with E-state index in [2.05, 4.69) is 4.98 Å². The summed E-state index contributed by atoms with van der Waals surface area (Å²) in [7, 11) is 0. The summed E-state index contributed by atoms with van der Waals surface area (Å²) in [5.74, 6) is -0.250. The Morgan fingerprint density at radius 3 is 2.82 bits per heavy atom. The largest absolute Gasteiger partial charge is 0.493 e. The molecule has 7 nitrogen and oxygen atoms in total. The van der Waals surface area contributed by atoms with Gasteiger partial charge in [0.15, 0.2) is 5.52 Å². The molecule has 7 heteroatoms. The fourth-order valence-electron chi connectivity index (χ4n) is 2.15. The Morgan fingerprint density at radius 2 is 2.09 bits per heavy atom. The third-order valence-corrected chi connectivity index (χ3v) is 3.20. The van der Waals surface area contributed by atoms with Crippen molar-refractivity contribution in [3.63, 3.8) is 0 Å². The molecule has 0 unspecified atom stereocenters. The van der Waals surface area contributed by atoms with E-state index in [4.69, 9.17) is 9.84 Å². The quantitative estimate of drug-likeness (QED) is 0.456. The van der Waals surface area contributed by atoms with E-state index in [9.17, 15) is 14.9 Å². The lowest BCUT2D eigenvalue weighted by atomic mass is 10.1. The van der Waals surface area contributed by atoms with E-state index in [1.807, 2.05) is 0 Å². The number of carboxylic acids is 1. The molecule has 1 N–H and O–H groups in total. The Labute approximate surface area is 126 Å². The van der Waals surface area contributed by atoms with Crippen molar-refractivity contribution in [3.05, 3.63) is 40.6 Å². The fraction of sp³-hybridized carbons (Fsp3) is 0.333. The standard InChI is InChI=1S/C15H16N2O5/c18-14(19)7-2-1-3-10-22-13-8-9-16-15-11(13)5-4-6-12(15)17(20)21/h4-6,8-9H,1-3,7,10H2,(H,18,19). The van der Waals surface area contributed by atoms with Crippen molar-refractivity contribution in [1.82, 2.24) is 4.98 Å². The summed E-state index contributed by atoms with van der Waals surface area (Å²) in [6.07, 6.45) is 3.74. The zero-order chi connectivity index (χ0) is 15.9. The van der Waals surface area contributed by atoms with Gasteiger partial charge in [-0.25, -0.2) is 4.98 Å². The molecule has 0 saturated carbocycles. The molecule has 0 bridgehead atoms. The number of pyridine rings is 1. The molecule has 0 aliphatic heterocycles. The van der Waals surface area contributed by atoms with E-state index in [0.717, 1.165) is 12.8 Å². The maximum Gasteiger partial charge on any atom is 0.303 e. The smallest absolute Gasteiger partial charge is 0.303 e. The highest BCUT2D eigenvalue weighted by Crippen LogP contribution is 2.30. The minimum atomic E-state index is -0.798. The highest BCUT2D eigenvalue weighted by atomic mass is 16.6. The molecule has 0 saturated heterocycles. The molecule has 0 aliphatic rings. The van der Waals surface area contributed by atoms with E-state index in [1.165, 1.54) is 12.3 Å². The number of unbranched alkanes of at least 4 members (excludes halogenated alkanes) is 2. The number of hydrogen-bond acceptors (Lipinski definition) is 5. The Morgan fingerprint density at radius 1 is 1.27 bits per heavy atom. The van der Waals surface area contributed by atoms with E-state index in [0.29, 0.717) is 29.7 Å². The second-order valence-electron chi connectivity index (χ2n) is 4.79. The van der Waals surface area contributed by atoms with Gasteiger partial charge in [-0.05, 0) is 31.4 Å². The van der Waals surface area contributed by atoms with Crippen LogP contribution in [0.1, 0.15) is 25.7 Å². The number of ether oxygens (including phenoxy) is 1. The van der Waals surface area contributed by atoms with Gasteiger partial charge in [-0.2, -0.15) is 0 Å². The zero-order valence-electron chi connectivity index (χ0n) is 11.9. The number of nitro benzene ring substituents is 1. The van der Waals surface area contributed by atoms with Crippen LogP contribution in [0.15, 0.2) is 30.5 Å². The molecule has 2 rings (SSSR count). The van der Waals surface area contributed by atoms with Gasteiger partial charge in [0.1, 0.15) is 5.75 Å². The monoisotopic (exact) mass is 304 g/mol. The summed E-state index contributed by atoms with van der Waals surface area (Å²) in [6, 6.07) is 6.41. The van der Waals surface area contributed by atoms with Crippen LogP contribution in [-0.4, -0.2) is 27.6 Å². The van der Waals surface area contributed by atoms with Crippen molar-refractivity contribution < 1.29 is 19.6 Å². The number of rotatable bonds is 8. The molecule has 0 atom stereocenters. The average Bonchev–Trinajstić information content (AvgIpc) is 2.49. The highest BCUT2D eigenvalue weighted by Gasteiger charge is 2.14. The van der Waals surface area contributed by atoms with Crippen LogP contribution in [0.4, 0.5) is 5.69 Å². The molecule has 0 aliphatic carbocycles. The minimum absolute atomic E-state index is 0.0515. The molecule has 22 heavy (non-hydrogen) atoms. The summed E-state index contributed by atoms with van der Waals surface area (Å²) in [4.78, 5) is 25.0. The van der Waals surface area contributed by atoms with E-state index in [1.54, 1.807) is 18.2 Å². The molecule has 0 amide bonds. The lowest BCUT2D eigenvalue weighted by molar-refractivity contribution is -0.383. The Bertz CT molecular complexity index is 687. The van der Waals surface area contributed by atoms with Gasteiger partial charge in [0.2, 0.25) is 0 Å². The zero-order valence-corrected chi connectivity index (χ0v) is 11.9. The van der Waals surface area contributed by atoms with Gasteiger partial charge in [0.05, 0.1) is 11.5 Å². The summed E-state index contributed by atoms with van der Waals surface area (Å²) in [5, 5.41) is 20.1. The lowest BCUT2D eigenvalue weighted by Gasteiger charge is -2.08. The van der Waals surface area contributed by atoms with Crippen LogP contribution in [0.5, 0.6) is 5.75 Å². The molecular weight excluding hydrogens is 288 g/mol. The molecule has 116 valence electrons.